The zero-order chi connectivity index (χ0) is 31.6. The maximum atomic E-state index is 12.9. The highest BCUT2D eigenvalue weighted by atomic mass is 79.9. The van der Waals surface area contributed by atoms with Crippen molar-refractivity contribution in [2.75, 3.05) is 61.0 Å². The first kappa shape index (κ1) is 40.7. The molecule has 11 heteroatoms. The molecule has 0 aliphatic heterocycles. The molecule has 0 saturated carbocycles. The standard InChI is InChI=1S/C31H57BrO10/c1-7-8-9-10-11-12-13-14-15-16-17-40-29(34)26(32)22-25(28(33)41-20-18-36-4)23-31(2,3)30(35)42-21-19-39-24-27(37-5)38-6/h25-27H,7-24H2,1-6H3. The largest absolute Gasteiger partial charge is 0.465 e. The summed E-state index contributed by atoms with van der Waals surface area (Å²) >= 11 is 3.39. The molecule has 0 amide bonds. The van der Waals surface area contributed by atoms with Gasteiger partial charge in [0.2, 0.25) is 0 Å². The average molecular weight is 670 g/mol. The molecule has 0 aromatic carbocycles. The number of hydrogen-bond donors (Lipinski definition) is 0. The molecule has 0 rings (SSSR count). The minimum Gasteiger partial charge on any atom is -0.465 e. The summed E-state index contributed by atoms with van der Waals surface area (Å²) in [4.78, 5) is 37.7. The summed E-state index contributed by atoms with van der Waals surface area (Å²) in [6.07, 6.45) is 11.7. The van der Waals surface area contributed by atoms with Crippen molar-refractivity contribution in [3.63, 3.8) is 0 Å². The van der Waals surface area contributed by atoms with Crippen LogP contribution in [0.25, 0.3) is 0 Å². The molecular formula is C31H57BrO10. The summed E-state index contributed by atoms with van der Waals surface area (Å²) in [5, 5.41) is 0. The van der Waals surface area contributed by atoms with Crippen molar-refractivity contribution >= 4 is 33.8 Å². The van der Waals surface area contributed by atoms with Crippen molar-refractivity contribution < 1.29 is 47.5 Å². The van der Waals surface area contributed by atoms with Gasteiger partial charge >= 0.3 is 17.9 Å². The highest BCUT2D eigenvalue weighted by Crippen LogP contribution is 2.32. The van der Waals surface area contributed by atoms with Gasteiger partial charge in [0.25, 0.3) is 0 Å². The first-order valence-corrected chi connectivity index (χ1v) is 16.3. The van der Waals surface area contributed by atoms with Crippen LogP contribution in [0.2, 0.25) is 0 Å². The Kier molecular flexibility index (Phi) is 25.4. The van der Waals surface area contributed by atoms with Crippen LogP contribution in [0.1, 0.15) is 97.8 Å². The molecule has 2 atom stereocenters. The molecule has 10 nitrogen and oxygen atoms in total. The minimum atomic E-state index is -1.01. The molecule has 0 aliphatic carbocycles. The number of hydrogen-bond acceptors (Lipinski definition) is 10. The Balaban J connectivity index is 4.69. The van der Waals surface area contributed by atoms with Gasteiger partial charge in [0.1, 0.15) is 18.0 Å². The number of halogens is 1. The highest BCUT2D eigenvalue weighted by molar-refractivity contribution is 9.10. The van der Waals surface area contributed by atoms with E-state index in [0.717, 1.165) is 19.3 Å². The molecular weight excluding hydrogens is 612 g/mol. The fourth-order valence-corrected chi connectivity index (χ4v) is 4.89. The van der Waals surface area contributed by atoms with Crippen molar-refractivity contribution in [3.05, 3.63) is 0 Å². The number of carbonyl (C=O) groups is 3. The smallest absolute Gasteiger partial charge is 0.319 e. The van der Waals surface area contributed by atoms with E-state index in [-0.39, 0.29) is 45.9 Å². The third kappa shape index (κ3) is 20.6. The average Bonchev–Trinajstić information content (AvgIpc) is 2.97. The van der Waals surface area contributed by atoms with Crippen molar-refractivity contribution in [2.24, 2.45) is 11.3 Å². The Morgan fingerprint density at radius 1 is 0.690 bits per heavy atom. The van der Waals surface area contributed by atoms with Crippen LogP contribution in [0.15, 0.2) is 0 Å². The summed E-state index contributed by atoms with van der Waals surface area (Å²) in [6.45, 7) is 6.70. The number of esters is 3. The quantitative estimate of drug-likeness (QED) is 0.0323. The molecule has 0 bridgehead atoms. The van der Waals surface area contributed by atoms with Crippen LogP contribution in [-0.2, 0) is 47.5 Å². The third-order valence-corrected chi connectivity index (χ3v) is 7.65. The molecule has 42 heavy (non-hydrogen) atoms. The minimum absolute atomic E-state index is 0.0394. The monoisotopic (exact) mass is 668 g/mol. The molecule has 0 heterocycles. The predicted molar refractivity (Wildman–Crippen MR) is 164 cm³/mol. The summed E-state index contributed by atoms with van der Waals surface area (Å²) in [5.74, 6) is -2.15. The lowest BCUT2D eigenvalue weighted by molar-refractivity contribution is -0.162. The van der Waals surface area contributed by atoms with E-state index in [0.29, 0.717) is 6.61 Å². The van der Waals surface area contributed by atoms with Gasteiger partial charge in [-0.05, 0) is 33.1 Å². The number of methoxy groups -OCH3 is 3. The lowest BCUT2D eigenvalue weighted by Crippen LogP contribution is -2.35. The highest BCUT2D eigenvalue weighted by Gasteiger charge is 2.38. The molecule has 0 aromatic heterocycles. The van der Waals surface area contributed by atoms with Crippen molar-refractivity contribution in [3.8, 4) is 0 Å². The maximum absolute atomic E-state index is 12.9. The molecule has 248 valence electrons. The van der Waals surface area contributed by atoms with E-state index in [1.807, 2.05) is 0 Å². The lowest BCUT2D eigenvalue weighted by atomic mass is 9.81. The van der Waals surface area contributed by atoms with Crippen LogP contribution in [0.4, 0.5) is 0 Å². The van der Waals surface area contributed by atoms with E-state index in [4.69, 9.17) is 33.2 Å². The van der Waals surface area contributed by atoms with Crippen molar-refractivity contribution in [2.45, 2.75) is 109 Å². The molecule has 0 fully saturated rings. The Morgan fingerprint density at radius 3 is 1.81 bits per heavy atom. The lowest BCUT2D eigenvalue weighted by Gasteiger charge is -2.28. The maximum Gasteiger partial charge on any atom is 0.319 e. The molecule has 0 spiro atoms. The number of alkyl halides is 1. The predicted octanol–water partition coefficient (Wildman–Crippen LogP) is 6.00. The van der Waals surface area contributed by atoms with Gasteiger partial charge in [0.05, 0.1) is 37.8 Å². The Morgan fingerprint density at radius 2 is 1.24 bits per heavy atom. The summed E-state index contributed by atoms with van der Waals surface area (Å²) in [6, 6.07) is 0. The number of ether oxygens (including phenoxy) is 7. The van der Waals surface area contributed by atoms with E-state index in [1.165, 1.54) is 66.3 Å². The van der Waals surface area contributed by atoms with Gasteiger partial charge in [-0.25, -0.2) is 0 Å². The van der Waals surface area contributed by atoms with Gasteiger partial charge in [-0.3, -0.25) is 14.4 Å². The van der Waals surface area contributed by atoms with Gasteiger partial charge in [-0.15, -0.1) is 0 Å². The Labute approximate surface area is 262 Å². The normalized spacial score (nSPS) is 13.1. The number of rotatable bonds is 28. The summed E-state index contributed by atoms with van der Waals surface area (Å²) in [5.41, 5.74) is -1.01. The molecule has 0 radical (unpaired) electrons. The van der Waals surface area contributed by atoms with Crippen LogP contribution in [-0.4, -0.2) is 90.0 Å². The van der Waals surface area contributed by atoms with Gasteiger partial charge in [-0.2, -0.15) is 0 Å². The number of carbonyl (C=O) groups excluding carboxylic acids is 3. The van der Waals surface area contributed by atoms with E-state index in [9.17, 15) is 14.4 Å². The van der Waals surface area contributed by atoms with Crippen LogP contribution in [0, 0.1) is 11.3 Å². The van der Waals surface area contributed by atoms with E-state index in [2.05, 4.69) is 22.9 Å². The summed E-state index contributed by atoms with van der Waals surface area (Å²) < 4.78 is 36.7. The van der Waals surface area contributed by atoms with Gasteiger partial charge in [0.15, 0.2) is 6.29 Å². The summed E-state index contributed by atoms with van der Waals surface area (Å²) in [7, 11) is 4.53. The van der Waals surface area contributed by atoms with E-state index >= 15 is 0 Å². The molecule has 0 aliphatic rings. The molecule has 2 unspecified atom stereocenters. The van der Waals surface area contributed by atoms with Crippen LogP contribution in [0.5, 0.6) is 0 Å². The van der Waals surface area contributed by atoms with Crippen molar-refractivity contribution in [1.29, 1.82) is 0 Å². The van der Waals surface area contributed by atoms with E-state index < -0.39 is 40.4 Å². The Hall–Kier alpha value is -1.27. The fraction of sp³-hybridized carbons (Fsp3) is 0.903. The fourth-order valence-electron chi connectivity index (χ4n) is 4.30. The topological polar surface area (TPSA) is 116 Å². The first-order valence-electron chi connectivity index (χ1n) is 15.4. The van der Waals surface area contributed by atoms with Crippen LogP contribution in [0.3, 0.4) is 0 Å². The molecule has 0 saturated heterocycles. The zero-order valence-electron chi connectivity index (χ0n) is 26.9. The van der Waals surface area contributed by atoms with Crippen LogP contribution >= 0.6 is 15.9 Å². The Bertz CT molecular complexity index is 699. The number of unbranched alkanes of at least 4 members (excludes halogenated alkanes) is 9. The SMILES string of the molecule is CCCCCCCCCCCCOC(=O)C(Br)CC(CC(C)(C)C(=O)OCCOCC(OC)OC)C(=O)OCCOC. The third-order valence-electron chi connectivity index (χ3n) is 6.90. The zero-order valence-corrected chi connectivity index (χ0v) is 28.5. The van der Waals surface area contributed by atoms with Crippen molar-refractivity contribution in [1.82, 2.24) is 0 Å². The second-order valence-corrected chi connectivity index (χ2v) is 12.2. The first-order chi connectivity index (χ1) is 20.1. The molecule has 0 aromatic rings. The second kappa shape index (κ2) is 26.2. The van der Waals surface area contributed by atoms with Gasteiger partial charge < -0.3 is 33.2 Å². The second-order valence-electron chi connectivity index (χ2n) is 11.1. The van der Waals surface area contributed by atoms with Gasteiger partial charge in [-0.1, -0.05) is 80.6 Å². The molecule has 0 N–H and O–H groups in total. The van der Waals surface area contributed by atoms with Crippen LogP contribution < -0.4 is 0 Å². The van der Waals surface area contributed by atoms with E-state index in [1.54, 1.807) is 13.8 Å². The van der Waals surface area contributed by atoms with Gasteiger partial charge in [0, 0.05) is 21.3 Å².